The Morgan fingerprint density at radius 3 is 2.71 bits per heavy atom. The third-order valence-corrected chi connectivity index (χ3v) is 4.72. The Balaban J connectivity index is 1.47. The van der Waals surface area contributed by atoms with E-state index >= 15 is 0 Å². The number of aryl methyl sites for hydroxylation is 1. The molecule has 1 aliphatic rings. The van der Waals surface area contributed by atoms with Crippen molar-refractivity contribution in [2.45, 2.75) is 57.7 Å². The second kappa shape index (κ2) is 8.73. The molecule has 3 rings (SSSR count). The van der Waals surface area contributed by atoms with Gasteiger partial charge in [-0.25, -0.2) is 9.59 Å². The third-order valence-electron chi connectivity index (χ3n) is 4.72. The van der Waals surface area contributed by atoms with Crippen molar-refractivity contribution in [2.24, 2.45) is 0 Å². The van der Waals surface area contributed by atoms with Crippen LogP contribution < -0.4 is 16.4 Å². The van der Waals surface area contributed by atoms with E-state index in [1.807, 2.05) is 0 Å². The maximum atomic E-state index is 12.0. The highest BCUT2D eigenvalue weighted by molar-refractivity contribution is 5.97. The molecular weight excluding hydrogens is 366 g/mol. The van der Waals surface area contributed by atoms with Crippen LogP contribution in [0.2, 0.25) is 0 Å². The lowest BCUT2D eigenvalue weighted by atomic mass is 10.2. The van der Waals surface area contributed by atoms with Crippen molar-refractivity contribution in [3.8, 4) is 0 Å². The molecular formula is C19H23N3O6. The Kier molecular flexibility index (Phi) is 6.13. The monoisotopic (exact) mass is 389 g/mol. The first-order valence-corrected chi connectivity index (χ1v) is 9.33. The number of urea groups is 1. The van der Waals surface area contributed by atoms with Gasteiger partial charge in [-0.2, -0.15) is 0 Å². The van der Waals surface area contributed by atoms with Gasteiger partial charge in [-0.05, 0) is 31.9 Å². The molecule has 150 valence electrons. The van der Waals surface area contributed by atoms with Crippen LogP contribution in [-0.4, -0.2) is 34.6 Å². The van der Waals surface area contributed by atoms with Crippen molar-refractivity contribution < 1.29 is 23.5 Å². The van der Waals surface area contributed by atoms with Crippen LogP contribution in [-0.2, 0) is 20.9 Å². The fraction of sp³-hybridized carbons (Fsp3) is 0.474. The van der Waals surface area contributed by atoms with E-state index in [0.717, 1.165) is 25.7 Å². The van der Waals surface area contributed by atoms with Gasteiger partial charge >= 0.3 is 17.8 Å². The molecule has 28 heavy (non-hydrogen) atoms. The number of ether oxygens (including phenoxy) is 1. The lowest BCUT2D eigenvalue weighted by Gasteiger charge is -2.15. The quantitative estimate of drug-likeness (QED) is 0.726. The Morgan fingerprint density at radius 1 is 1.25 bits per heavy atom. The van der Waals surface area contributed by atoms with Gasteiger partial charge in [-0.3, -0.25) is 19.5 Å². The van der Waals surface area contributed by atoms with Gasteiger partial charge < -0.3 is 14.5 Å². The highest BCUT2D eigenvalue weighted by Crippen LogP contribution is 2.17. The molecule has 0 unspecified atom stereocenters. The molecule has 1 atom stereocenters. The minimum atomic E-state index is -1.13. The summed E-state index contributed by atoms with van der Waals surface area (Å²) in [7, 11) is 0. The molecule has 1 aliphatic carbocycles. The van der Waals surface area contributed by atoms with Crippen molar-refractivity contribution in [1.29, 1.82) is 0 Å². The number of nitrogens with zero attached hydrogens (tertiary/aromatic N) is 1. The molecule has 1 saturated carbocycles. The summed E-state index contributed by atoms with van der Waals surface area (Å²) in [5.41, 5.74) is 1.01. The lowest BCUT2D eigenvalue weighted by molar-refractivity contribution is -0.154. The van der Waals surface area contributed by atoms with E-state index in [0.29, 0.717) is 11.1 Å². The maximum Gasteiger partial charge on any atom is 0.419 e. The molecule has 1 aromatic carbocycles. The molecule has 2 N–H and O–H groups in total. The maximum absolute atomic E-state index is 12.0. The van der Waals surface area contributed by atoms with Gasteiger partial charge in [-0.1, -0.05) is 25.0 Å². The van der Waals surface area contributed by atoms with Gasteiger partial charge in [0.2, 0.25) is 0 Å². The average Bonchev–Trinajstić information content (AvgIpc) is 3.26. The number of oxazole rings is 1. The number of aromatic nitrogens is 1. The number of hydrogen-bond donors (Lipinski definition) is 2. The first-order chi connectivity index (χ1) is 13.4. The zero-order valence-corrected chi connectivity index (χ0v) is 15.6. The Hall–Kier alpha value is -3.10. The van der Waals surface area contributed by atoms with Crippen molar-refractivity contribution in [3.05, 3.63) is 34.8 Å². The second-order valence-corrected chi connectivity index (χ2v) is 6.81. The number of carbonyl (C=O) groups is 3. The smallest absolute Gasteiger partial charge is 0.419 e. The van der Waals surface area contributed by atoms with Crippen molar-refractivity contribution in [1.82, 2.24) is 15.2 Å². The van der Waals surface area contributed by atoms with Gasteiger partial charge in [-0.15, -0.1) is 0 Å². The van der Waals surface area contributed by atoms with E-state index in [1.54, 1.807) is 24.3 Å². The van der Waals surface area contributed by atoms with Crippen LogP contribution in [0.5, 0.6) is 0 Å². The molecule has 0 bridgehead atoms. The summed E-state index contributed by atoms with van der Waals surface area (Å²) in [5.74, 6) is -1.92. The summed E-state index contributed by atoms with van der Waals surface area (Å²) in [6.45, 7) is 1.45. The SMILES string of the molecule is C[C@H](OC(=O)CCn1c(=O)oc2ccccc21)C(=O)NC(=O)NC1CCCC1. The van der Waals surface area contributed by atoms with E-state index in [1.165, 1.54) is 11.5 Å². The molecule has 0 saturated heterocycles. The highest BCUT2D eigenvalue weighted by Gasteiger charge is 2.23. The zero-order valence-electron chi connectivity index (χ0n) is 15.6. The standard InChI is InChI=1S/C19H23N3O6/c1-12(17(24)21-18(25)20-13-6-2-3-7-13)27-16(23)10-11-22-14-8-4-5-9-15(14)28-19(22)26/h4-5,8-9,12-13H,2-3,6-7,10-11H2,1H3,(H2,20,21,24,25)/t12-/m0/s1. The van der Waals surface area contributed by atoms with Crippen LogP contribution in [0.4, 0.5) is 4.79 Å². The second-order valence-electron chi connectivity index (χ2n) is 6.81. The van der Waals surface area contributed by atoms with Gasteiger partial charge in [0.05, 0.1) is 11.9 Å². The summed E-state index contributed by atoms with van der Waals surface area (Å²) in [6, 6.07) is 6.37. The molecule has 9 nitrogen and oxygen atoms in total. The minimum absolute atomic E-state index is 0.0607. The molecule has 1 fully saturated rings. The number of fused-ring (bicyclic) bond motifs is 1. The molecule has 9 heteroatoms. The fourth-order valence-electron chi connectivity index (χ4n) is 3.24. The highest BCUT2D eigenvalue weighted by atomic mass is 16.5. The number of esters is 1. The van der Waals surface area contributed by atoms with E-state index in [-0.39, 0.29) is 19.0 Å². The number of imide groups is 1. The summed E-state index contributed by atoms with van der Waals surface area (Å²) in [5, 5.41) is 4.90. The van der Waals surface area contributed by atoms with Gasteiger partial charge in [0.25, 0.3) is 5.91 Å². The lowest BCUT2D eigenvalue weighted by Crippen LogP contribution is -2.47. The van der Waals surface area contributed by atoms with Crippen molar-refractivity contribution >= 4 is 29.0 Å². The molecule has 0 radical (unpaired) electrons. The van der Waals surface area contributed by atoms with E-state index < -0.39 is 29.8 Å². The summed E-state index contributed by atoms with van der Waals surface area (Å²) >= 11 is 0. The van der Waals surface area contributed by atoms with Crippen LogP contribution in [0, 0.1) is 0 Å². The first kappa shape index (κ1) is 19.7. The molecule has 3 amide bonds. The molecule has 1 aromatic heterocycles. The van der Waals surface area contributed by atoms with E-state index in [4.69, 9.17) is 9.15 Å². The number of nitrogens with one attached hydrogen (secondary N) is 2. The zero-order chi connectivity index (χ0) is 20.1. The molecule has 2 aromatic rings. The van der Waals surface area contributed by atoms with Crippen LogP contribution in [0.15, 0.2) is 33.5 Å². The molecule has 0 spiro atoms. The number of hydrogen-bond acceptors (Lipinski definition) is 6. The minimum Gasteiger partial charge on any atom is -0.452 e. The van der Waals surface area contributed by atoms with Crippen LogP contribution in [0.1, 0.15) is 39.0 Å². The number of rotatable bonds is 6. The van der Waals surface area contributed by atoms with Crippen molar-refractivity contribution in [3.63, 3.8) is 0 Å². The Morgan fingerprint density at radius 2 is 1.96 bits per heavy atom. The van der Waals surface area contributed by atoms with Gasteiger partial charge in [0, 0.05) is 12.6 Å². The van der Waals surface area contributed by atoms with Gasteiger partial charge in [0.15, 0.2) is 11.7 Å². The Bertz CT molecular complexity index is 925. The fourth-order valence-corrected chi connectivity index (χ4v) is 3.24. The number of amides is 3. The average molecular weight is 389 g/mol. The summed E-state index contributed by atoms with van der Waals surface area (Å²) < 4.78 is 11.5. The predicted octanol–water partition coefficient (Wildman–Crippen LogP) is 1.68. The molecule has 1 heterocycles. The largest absolute Gasteiger partial charge is 0.452 e. The van der Waals surface area contributed by atoms with E-state index in [9.17, 15) is 19.2 Å². The summed E-state index contributed by atoms with van der Waals surface area (Å²) in [4.78, 5) is 47.7. The number of carbonyl (C=O) groups excluding carboxylic acids is 3. The molecule has 0 aliphatic heterocycles. The first-order valence-electron chi connectivity index (χ1n) is 9.33. The topological polar surface area (TPSA) is 120 Å². The summed E-state index contributed by atoms with van der Waals surface area (Å²) in [6.07, 6.45) is 2.67. The van der Waals surface area contributed by atoms with E-state index in [2.05, 4.69) is 10.6 Å². The van der Waals surface area contributed by atoms with Crippen LogP contribution in [0.25, 0.3) is 11.1 Å². The van der Waals surface area contributed by atoms with Crippen molar-refractivity contribution in [2.75, 3.05) is 0 Å². The number of benzene rings is 1. The predicted molar refractivity (Wildman–Crippen MR) is 99.6 cm³/mol. The number of para-hydroxylation sites is 2. The van der Waals surface area contributed by atoms with Crippen LogP contribution in [0.3, 0.4) is 0 Å². The van der Waals surface area contributed by atoms with Crippen LogP contribution >= 0.6 is 0 Å². The normalized spacial score (nSPS) is 15.3. The van der Waals surface area contributed by atoms with Gasteiger partial charge in [0.1, 0.15) is 0 Å². The Labute approximate surface area is 161 Å². The third kappa shape index (κ3) is 4.79.